The van der Waals surface area contributed by atoms with E-state index < -0.39 is 0 Å². The second-order valence-electron chi connectivity index (χ2n) is 5.24. The highest BCUT2D eigenvalue weighted by Crippen LogP contribution is 2.30. The molecular weight excluding hydrogens is 314 g/mol. The Morgan fingerprint density at radius 2 is 2.22 bits per heavy atom. The van der Waals surface area contributed by atoms with Crippen LogP contribution >= 0.6 is 11.6 Å². The summed E-state index contributed by atoms with van der Waals surface area (Å²) in [6, 6.07) is 5.80. The zero-order valence-electron chi connectivity index (χ0n) is 13.1. The van der Waals surface area contributed by atoms with Crippen molar-refractivity contribution in [2.75, 3.05) is 30.8 Å². The molecule has 0 atom stereocenters. The van der Waals surface area contributed by atoms with E-state index in [1.807, 2.05) is 30.0 Å². The van der Waals surface area contributed by atoms with E-state index >= 15 is 0 Å². The molecule has 120 valence electrons. The van der Waals surface area contributed by atoms with Crippen LogP contribution in [0, 0.1) is 0 Å². The largest absolute Gasteiger partial charge is 0.357 e. The normalized spacial score (nSPS) is 13.7. The Hall–Kier alpha value is -2.34. The topological polar surface area (TPSA) is 70.2 Å². The van der Waals surface area contributed by atoms with Crippen LogP contribution in [0.5, 0.6) is 0 Å². The molecule has 1 aromatic carbocycles. The number of hydrogen-bond donors (Lipinski definition) is 2. The van der Waals surface area contributed by atoms with Crippen LogP contribution < -0.4 is 10.6 Å². The summed E-state index contributed by atoms with van der Waals surface area (Å²) in [4.78, 5) is 22.9. The first-order valence-corrected chi connectivity index (χ1v) is 7.90. The molecule has 7 heteroatoms. The lowest BCUT2D eigenvalue weighted by atomic mass is 9.97. The lowest BCUT2D eigenvalue weighted by molar-refractivity contribution is 0.0750. The third-order valence-corrected chi connectivity index (χ3v) is 4.18. The molecule has 2 heterocycles. The minimum absolute atomic E-state index is 0.0378. The predicted molar refractivity (Wildman–Crippen MR) is 91.6 cm³/mol. The average molecular weight is 332 g/mol. The van der Waals surface area contributed by atoms with E-state index in [0.29, 0.717) is 34.6 Å². The minimum atomic E-state index is 0.0378. The third kappa shape index (κ3) is 2.94. The third-order valence-electron chi connectivity index (χ3n) is 3.91. The minimum Gasteiger partial charge on any atom is -0.357 e. The number of anilines is 3. The number of nitrogens with one attached hydrogen (secondary N) is 2. The fourth-order valence-electron chi connectivity index (χ4n) is 2.68. The van der Waals surface area contributed by atoms with Gasteiger partial charge in [0.15, 0.2) is 5.82 Å². The zero-order valence-corrected chi connectivity index (χ0v) is 13.8. The van der Waals surface area contributed by atoms with Crippen molar-refractivity contribution in [2.24, 2.45) is 0 Å². The average Bonchev–Trinajstić information content (AvgIpc) is 2.57. The Kier molecular flexibility index (Phi) is 4.34. The first-order valence-electron chi connectivity index (χ1n) is 7.52. The van der Waals surface area contributed by atoms with Gasteiger partial charge in [0.1, 0.15) is 5.02 Å². The summed E-state index contributed by atoms with van der Waals surface area (Å²) in [5.74, 6) is 0.972. The molecule has 1 aliphatic heterocycles. The van der Waals surface area contributed by atoms with E-state index in [9.17, 15) is 4.79 Å². The number of halogens is 1. The van der Waals surface area contributed by atoms with Gasteiger partial charge in [-0.25, -0.2) is 4.98 Å². The van der Waals surface area contributed by atoms with Gasteiger partial charge in [0.25, 0.3) is 5.91 Å². The van der Waals surface area contributed by atoms with E-state index in [2.05, 4.69) is 20.6 Å². The lowest BCUT2D eigenvalue weighted by Crippen LogP contribution is -2.37. The van der Waals surface area contributed by atoms with Crippen LogP contribution in [0.15, 0.2) is 24.4 Å². The second-order valence-corrected chi connectivity index (χ2v) is 5.65. The summed E-state index contributed by atoms with van der Waals surface area (Å²) in [7, 11) is 1.74. The van der Waals surface area contributed by atoms with Crippen LogP contribution in [0.2, 0.25) is 5.02 Å². The molecule has 0 saturated heterocycles. The van der Waals surface area contributed by atoms with E-state index in [1.165, 1.54) is 6.20 Å². The van der Waals surface area contributed by atoms with Crippen LogP contribution in [0.1, 0.15) is 22.8 Å². The first-order chi connectivity index (χ1) is 11.1. The van der Waals surface area contributed by atoms with Crippen LogP contribution in [-0.2, 0) is 6.42 Å². The number of carbonyl (C=O) groups is 1. The van der Waals surface area contributed by atoms with Crippen molar-refractivity contribution in [1.82, 2.24) is 14.9 Å². The zero-order chi connectivity index (χ0) is 16.4. The van der Waals surface area contributed by atoms with Gasteiger partial charge in [-0.3, -0.25) is 4.79 Å². The Bertz CT molecular complexity index is 749. The van der Waals surface area contributed by atoms with Crippen LogP contribution in [0.4, 0.5) is 17.5 Å². The van der Waals surface area contributed by atoms with Crippen LogP contribution in [-0.4, -0.2) is 40.9 Å². The maximum Gasteiger partial charge on any atom is 0.256 e. The summed E-state index contributed by atoms with van der Waals surface area (Å²) in [5.41, 5.74) is 2.46. The summed E-state index contributed by atoms with van der Waals surface area (Å²) in [6.07, 6.45) is 2.38. The highest BCUT2D eigenvalue weighted by atomic mass is 35.5. The molecule has 1 aromatic heterocycles. The Morgan fingerprint density at radius 1 is 1.39 bits per heavy atom. The Morgan fingerprint density at radius 3 is 2.96 bits per heavy atom. The number of rotatable bonds is 4. The molecule has 0 aliphatic carbocycles. The van der Waals surface area contributed by atoms with Crippen molar-refractivity contribution in [3.63, 3.8) is 0 Å². The van der Waals surface area contributed by atoms with Crippen molar-refractivity contribution >= 4 is 35.0 Å². The second kappa shape index (κ2) is 6.42. The monoisotopic (exact) mass is 331 g/mol. The summed E-state index contributed by atoms with van der Waals surface area (Å²) in [6.45, 7) is 3.44. The van der Waals surface area contributed by atoms with Gasteiger partial charge in [-0.2, -0.15) is 4.98 Å². The molecule has 0 saturated carbocycles. The van der Waals surface area contributed by atoms with Crippen molar-refractivity contribution in [3.05, 3.63) is 40.5 Å². The molecular formula is C16H18ClN5O. The number of aromatic nitrogens is 2. The quantitative estimate of drug-likeness (QED) is 0.901. The molecule has 0 bridgehead atoms. The van der Waals surface area contributed by atoms with Gasteiger partial charge in [-0.05, 0) is 25.0 Å². The summed E-state index contributed by atoms with van der Waals surface area (Å²) >= 11 is 6.17. The molecule has 0 radical (unpaired) electrons. The highest BCUT2D eigenvalue weighted by Gasteiger charge is 2.26. The first kappa shape index (κ1) is 15.6. The van der Waals surface area contributed by atoms with Gasteiger partial charge in [0.2, 0.25) is 5.95 Å². The molecule has 1 amide bonds. The maximum absolute atomic E-state index is 12.7. The fraction of sp³-hybridized carbons (Fsp3) is 0.312. The van der Waals surface area contributed by atoms with Crippen molar-refractivity contribution < 1.29 is 4.79 Å². The van der Waals surface area contributed by atoms with Crippen LogP contribution in [0.3, 0.4) is 0 Å². The number of hydrogen-bond acceptors (Lipinski definition) is 5. The maximum atomic E-state index is 12.7. The number of fused-ring (bicyclic) bond motifs is 1. The van der Waals surface area contributed by atoms with Crippen molar-refractivity contribution in [3.8, 4) is 0 Å². The lowest BCUT2D eigenvalue weighted by Gasteiger charge is -2.29. The van der Waals surface area contributed by atoms with E-state index in [0.717, 1.165) is 18.5 Å². The smallest absolute Gasteiger partial charge is 0.256 e. The Balaban J connectivity index is 2.01. The standard InChI is InChI=1S/C16H18ClN5O/c1-3-22-8-7-10-5-4-6-12(13(10)15(22)23)20-14-11(17)9-19-16(18-2)21-14/h4-6,9H,3,7-8H2,1-2H3,(H2,18,19,20,21). The fourth-order valence-corrected chi connectivity index (χ4v) is 2.82. The SMILES string of the molecule is CCN1CCc2cccc(Nc3nc(NC)ncc3Cl)c2C1=O. The molecule has 0 fully saturated rings. The van der Waals surface area contributed by atoms with Gasteiger partial charge in [-0.1, -0.05) is 23.7 Å². The van der Waals surface area contributed by atoms with E-state index in [1.54, 1.807) is 7.05 Å². The number of amides is 1. The molecule has 3 rings (SSSR count). The van der Waals surface area contributed by atoms with Gasteiger partial charge in [-0.15, -0.1) is 0 Å². The molecule has 1 aliphatic rings. The van der Waals surface area contributed by atoms with Crippen molar-refractivity contribution in [1.29, 1.82) is 0 Å². The summed E-state index contributed by atoms with van der Waals surface area (Å²) in [5, 5.41) is 6.45. The molecule has 2 N–H and O–H groups in total. The number of benzene rings is 1. The Labute approximate surface area is 139 Å². The number of likely N-dealkylation sites (N-methyl/N-ethyl adjacent to an activating group) is 1. The molecule has 2 aromatic rings. The molecule has 0 spiro atoms. The summed E-state index contributed by atoms with van der Waals surface area (Å²) < 4.78 is 0. The molecule has 23 heavy (non-hydrogen) atoms. The number of nitrogens with zero attached hydrogens (tertiary/aromatic N) is 3. The van der Waals surface area contributed by atoms with Gasteiger partial charge in [0, 0.05) is 20.1 Å². The highest BCUT2D eigenvalue weighted by molar-refractivity contribution is 6.33. The van der Waals surface area contributed by atoms with E-state index in [4.69, 9.17) is 11.6 Å². The predicted octanol–water partition coefficient (Wildman–Crippen LogP) is 2.93. The number of carbonyl (C=O) groups excluding carboxylic acids is 1. The van der Waals surface area contributed by atoms with Crippen LogP contribution in [0.25, 0.3) is 0 Å². The van der Waals surface area contributed by atoms with Gasteiger partial charge < -0.3 is 15.5 Å². The van der Waals surface area contributed by atoms with Gasteiger partial charge in [0.05, 0.1) is 17.4 Å². The molecule has 6 nitrogen and oxygen atoms in total. The van der Waals surface area contributed by atoms with Gasteiger partial charge >= 0.3 is 0 Å². The van der Waals surface area contributed by atoms with E-state index in [-0.39, 0.29) is 5.91 Å². The van der Waals surface area contributed by atoms with Crippen molar-refractivity contribution in [2.45, 2.75) is 13.3 Å². The molecule has 0 unspecified atom stereocenters.